The molecule has 6 heteroatoms. The van der Waals surface area contributed by atoms with Gasteiger partial charge in [-0.1, -0.05) is 25.6 Å². The molecule has 0 spiro atoms. The highest BCUT2D eigenvalue weighted by molar-refractivity contribution is 7.99. The Labute approximate surface area is 113 Å². The Morgan fingerprint density at radius 2 is 2.00 bits per heavy atom. The Bertz CT molecular complexity index is 336. The second kappa shape index (κ2) is 8.13. The summed E-state index contributed by atoms with van der Waals surface area (Å²) in [6.45, 7) is 9.70. The minimum Gasteiger partial charge on any atom is -0.464 e. The molecule has 1 aromatic heterocycles. The molecular formula is C12H22N4OS. The van der Waals surface area contributed by atoms with E-state index in [1.165, 1.54) is 0 Å². The number of nitrogens with one attached hydrogen (secondary N) is 1. The lowest BCUT2D eigenvalue weighted by Crippen LogP contribution is -2.07. The molecule has 0 fully saturated rings. The third-order valence-electron chi connectivity index (χ3n) is 2.13. The minimum atomic E-state index is 0.399. The number of ether oxygens (including phenoxy) is 1. The number of rotatable bonds is 8. The topological polar surface area (TPSA) is 59.9 Å². The first-order valence-electron chi connectivity index (χ1n) is 6.41. The van der Waals surface area contributed by atoms with Crippen LogP contribution in [0.5, 0.6) is 6.01 Å². The molecule has 18 heavy (non-hydrogen) atoms. The molecule has 0 bridgehead atoms. The smallest absolute Gasteiger partial charge is 0.322 e. The average Bonchev–Trinajstić information content (AvgIpc) is 2.29. The molecule has 0 atom stereocenters. The largest absolute Gasteiger partial charge is 0.464 e. The molecule has 0 aliphatic rings. The van der Waals surface area contributed by atoms with E-state index in [2.05, 4.69) is 34.1 Å². The monoisotopic (exact) mass is 270 g/mol. The quantitative estimate of drug-likeness (QED) is 0.733. The van der Waals surface area contributed by atoms with E-state index in [1.807, 2.05) is 13.8 Å². The lowest BCUT2D eigenvalue weighted by atomic mass is 10.2. The maximum Gasteiger partial charge on any atom is 0.322 e. The van der Waals surface area contributed by atoms with Crippen molar-refractivity contribution in [2.45, 2.75) is 39.3 Å². The van der Waals surface area contributed by atoms with Crippen LogP contribution in [-0.2, 0) is 0 Å². The molecule has 0 unspecified atom stereocenters. The number of hydrogen-bond acceptors (Lipinski definition) is 6. The van der Waals surface area contributed by atoms with Gasteiger partial charge in [-0.25, -0.2) is 0 Å². The molecule has 0 aliphatic carbocycles. The zero-order chi connectivity index (χ0) is 13.4. The van der Waals surface area contributed by atoms with E-state index in [0.717, 1.165) is 23.9 Å². The molecule has 1 N–H and O–H groups in total. The molecule has 1 rings (SSSR count). The molecule has 0 amide bonds. The van der Waals surface area contributed by atoms with Crippen LogP contribution in [-0.4, -0.2) is 33.9 Å². The Morgan fingerprint density at radius 3 is 2.61 bits per heavy atom. The van der Waals surface area contributed by atoms with E-state index in [0.29, 0.717) is 24.5 Å². The summed E-state index contributed by atoms with van der Waals surface area (Å²) in [5, 5.41) is 3.82. The fraction of sp³-hybridized carbons (Fsp3) is 0.750. The van der Waals surface area contributed by atoms with Crippen LogP contribution in [0.2, 0.25) is 0 Å². The second-order valence-corrected chi connectivity index (χ2v) is 5.28. The van der Waals surface area contributed by atoms with Crippen LogP contribution in [0, 0.1) is 5.92 Å². The molecule has 1 aromatic rings. The molecular weight excluding hydrogens is 248 g/mol. The Balaban J connectivity index is 2.69. The van der Waals surface area contributed by atoms with Gasteiger partial charge in [-0.05, 0) is 26.2 Å². The van der Waals surface area contributed by atoms with Crippen molar-refractivity contribution >= 4 is 17.7 Å². The first kappa shape index (κ1) is 15.0. The van der Waals surface area contributed by atoms with Crippen molar-refractivity contribution in [2.75, 3.05) is 24.2 Å². The van der Waals surface area contributed by atoms with Gasteiger partial charge in [-0.3, -0.25) is 0 Å². The van der Waals surface area contributed by atoms with E-state index >= 15 is 0 Å². The number of thioether (sulfide) groups is 1. The van der Waals surface area contributed by atoms with Gasteiger partial charge in [0, 0.05) is 12.3 Å². The van der Waals surface area contributed by atoms with Crippen LogP contribution in [0.25, 0.3) is 0 Å². The third-order valence-corrected chi connectivity index (χ3v) is 3.01. The minimum absolute atomic E-state index is 0.399. The van der Waals surface area contributed by atoms with Crippen LogP contribution >= 0.6 is 11.8 Å². The molecule has 102 valence electrons. The van der Waals surface area contributed by atoms with Gasteiger partial charge in [0.2, 0.25) is 5.95 Å². The van der Waals surface area contributed by atoms with Crippen LogP contribution in [0.4, 0.5) is 5.95 Å². The first-order chi connectivity index (χ1) is 8.65. The van der Waals surface area contributed by atoms with Gasteiger partial charge in [0.25, 0.3) is 0 Å². The van der Waals surface area contributed by atoms with E-state index in [9.17, 15) is 0 Å². The van der Waals surface area contributed by atoms with E-state index in [-0.39, 0.29) is 0 Å². The molecule has 0 saturated heterocycles. The fourth-order valence-electron chi connectivity index (χ4n) is 1.22. The highest BCUT2D eigenvalue weighted by Gasteiger charge is 2.07. The summed E-state index contributed by atoms with van der Waals surface area (Å²) in [7, 11) is 0. The Kier molecular flexibility index (Phi) is 6.78. The van der Waals surface area contributed by atoms with Gasteiger partial charge in [0.15, 0.2) is 5.16 Å². The van der Waals surface area contributed by atoms with Crippen LogP contribution in [0.15, 0.2) is 5.16 Å². The normalized spacial score (nSPS) is 10.7. The number of hydrogen-bond donors (Lipinski definition) is 1. The molecule has 0 aromatic carbocycles. The fourth-order valence-corrected chi connectivity index (χ4v) is 2.28. The maximum absolute atomic E-state index is 5.35. The lowest BCUT2D eigenvalue weighted by molar-refractivity contribution is 0.308. The summed E-state index contributed by atoms with van der Waals surface area (Å²) >= 11 is 1.65. The second-order valence-electron chi connectivity index (χ2n) is 4.22. The van der Waals surface area contributed by atoms with Gasteiger partial charge >= 0.3 is 6.01 Å². The predicted molar refractivity (Wildman–Crippen MR) is 75.3 cm³/mol. The van der Waals surface area contributed by atoms with Crippen molar-refractivity contribution < 1.29 is 4.74 Å². The lowest BCUT2D eigenvalue weighted by Gasteiger charge is -2.08. The van der Waals surface area contributed by atoms with Crippen LogP contribution in [0.1, 0.15) is 34.1 Å². The third kappa shape index (κ3) is 5.53. The SMILES string of the molecule is CCNc1nc(OCC)nc(SCCC(C)C)n1. The standard InChI is InChI=1S/C12H22N4OS/c1-5-13-10-14-11(17-6-2)16-12(15-10)18-8-7-9(3)4/h9H,5-8H2,1-4H3,(H,13,14,15,16). The molecule has 0 aliphatic heterocycles. The number of aromatic nitrogens is 3. The van der Waals surface area contributed by atoms with Gasteiger partial charge in [-0.2, -0.15) is 15.0 Å². The van der Waals surface area contributed by atoms with Crippen molar-refractivity contribution in [3.8, 4) is 6.01 Å². The van der Waals surface area contributed by atoms with Crippen LogP contribution < -0.4 is 10.1 Å². The van der Waals surface area contributed by atoms with Crippen molar-refractivity contribution in [1.82, 2.24) is 15.0 Å². The molecule has 1 heterocycles. The molecule has 5 nitrogen and oxygen atoms in total. The summed E-state index contributed by atoms with van der Waals surface area (Å²) in [4.78, 5) is 12.8. The Morgan fingerprint density at radius 1 is 1.22 bits per heavy atom. The van der Waals surface area contributed by atoms with Gasteiger partial charge in [-0.15, -0.1) is 0 Å². The summed E-state index contributed by atoms with van der Waals surface area (Å²) < 4.78 is 5.35. The summed E-state index contributed by atoms with van der Waals surface area (Å²) in [6.07, 6.45) is 1.15. The van der Waals surface area contributed by atoms with Crippen molar-refractivity contribution in [3.05, 3.63) is 0 Å². The first-order valence-corrected chi connectivity index (χ1v) is 7.39. The highest BCUT2D eigenvalue weighted by atomic mass is 32.2. The number of anilines is 1. The maximum atomic E-state index is 5.35. The summed E-state index contributed by atoms with van der Waals surface area (Å²) in [6, 6.07) is 0.399. The zero-order valence-corrected chi connectivity index (χ0v) is 12.4. The number of nitrogens with zero attached hydrogens (tertiary/aromatic N) is 3. The molecule has 0 saturated carbocycles. The van der Waals surface area contributed by atoms with Gasteiger partial charge in [0.1, 0.15) is 0 Å². The Hall–Kier alpha value is -1.04. The van der Waals surface area contributed by atoms with E-state index < -0.39 is 0 Å². The van der Waals surface area contributed by atoms with Gasteiger partial charge < -0.3 is 10.1 Å². The van der Waals surface area contributed by atoms with Gasteiger partial charge in [0.05, 0.1) is 6.61 Å². The van der Waals surface area contributed by atoms with Crippen molar-refractivity contribution in [3.63, 3.8) is 0 Å². The predicted octanol–water partition coefficient (Wildman–Crippen LogP) is 2.84. The van der Waals surface area contributed by atoms with Crippen molar-refractivity contribution in [1.29, 1.82) is 0 Å². The van der Waals surface area contributed by atoms with Crippen molar-refractivity contribution in [2.24, 2.45) is 5.92 Å². The zero-order valence-electron chi connectivity index (χ0n) is 11.6. The van der Waals surface area contributed by atoms with E-state index in [4.69, 9.17) is 4.74 Å². The highest BCUT2D eigenvalue weighted by Crippen LogP contribution is 2.19. The van der Waals surface area contributed by atoms with Crippen LogP contribution in [0.3, 0.4) is 0 Å². The molecule has 0 radical (unpaired) electrons. The van der Waals surface area contributed by atoms with E-state index in [1.54, 1.807) is 11.8 Å². The summed E-state index contributed by atoms with van der Waals surface area (Å²) in [5.74, 6) is 2.29. The summed E-state index contributed by atoms with van der Waals surface area (Å²) in [5.41, 5.74) is 0. The average molecular weight is 270 g/mol.